The molecular weight excluding hydrogens is 452 g/mol. The SMILES string of the molecule is Cc1ccc(S(=O)(=O)NC2CC2)cc1C(=O)NCCCc1nn(-c2ccccc2)c(N)c1C#N. The van der Waals surface area contributed by atoms with Crippen molar-refractivity contribution in [1.29, 1.82) is 5.26 Å². The number of nitrogens with two attached hydrogens (primary N) is 1. The number of nitrogens with zero attached hydrogens (tertiary/aromatic N) is 3. The highest BCUT2D eigenvalue weighted by molar-refractivity contribution is 7.89. The van der Waals surface area contributed by atoms with E-state index in [1.165, 1.54) is 16.8 Å². The van der Waals surface area contributed by atoms with Crippen LogP contribution in [0.3, 0.4) is 0 Å². The van der Waals surface area contributed by atoms with Gasteiger partial charge in [-0.05, 0) is 62.4 Å². The standard InChI is InChI=1S/C24H26N6O3S/c1-16-9-12-19(34(32,33)29-17-10-11-17)14-20(16)24(31)27-13-5-8-22-21(15-25)23(26)30(28-22)18-6-3-2-4-7-18/h2-4,6-7,9,12,14,17,29H,5,8,10-11,13,26H2,1H3,(H,27,31). The van der Waals surface area contributed by atoms with Crippen LogP contribution in [0.15, 0.2) is 53.4 Å². The molecule has 0 saturated heterocycles. The zero-order valence-electron chi connectivity index (χ0n) is 18.8. The summed E-state index contributed by atoms with van der Waals surface area (Å²) in [6.45, 7) is 2.09. The number of nitriles is 1. The third-order valence-corrected chi connectivity index (χ3v) is 7.16. The van der Waals surface area contributed by atoms with Crippen molar-refractivity contribution in [2.75, 3.05) is 12.3 Å². The average molecular weight is 479 g/mol. The summed E-state index contributed by atoms with van der Waals surface area (Å²) in [6.07, 6.45) is 2.65. The van der Waals surface area contributed by atoms with E-state index in [1.54, 1.807) is 13.0 Å². The number of rotatable bonds is 9. The fourth-order valence-electron chi connectivity index (χ4n) is 3.60. The predicted octanol–water partition coefficient (Wildman–Crippen LogP) is 2.44. The highest BCUT2D eigenvalue weighted by Crippen LogP contribution is 2.24. The van der Waals surface area contributed by atoms with Crippen LogP contribution in [0.4, 0.5) is 5.82 Å². The van der Waals surface area contributed by atoms with Crippen LogP contribution in [0.5, 0.6) is 0 Å². The first-order chi connectivity index (χ1) is 16.3. The Bertz CT molecular complexity index is 1360. The summed E-state index contributed by atoms with van der Waals surface area (Å²) in [4.78, 5) is 12.8. The summed E-state index contributed by atoms with van der Waals surface area (Å²) in [5, 5.41) is 16.8. The van der Waals surface area contributed by atoms with Crippen molar-refractivity contribution in [2.45, 2.75) is 43.5 Å². The van der Waals surface area contributed by atoms with Crippen LogP contribution in [-0.4, -0.2) is 36.7 Å². The van der Waals surface area contributed by atoms with Crippen molar-refractivity contribution < 1.29 is 13.2 Å². The molecule has 10 heteroatoms. The molecule has 1 saturated carbocycles. The van der Waals surface area contributed by atoms with Crippen LogP contribution in [-0.2, 0) is 16.4 Å². The molecule has 0 unspecified atom stereocenters. The number of aryl methyl sites for hydroxylation is 2. The van der Waals surface area contributed by atoms with E-state index in [9.17, 15) is 18.5 Å². The largest absolute Gasteiger partial charge is 0.382 e. The Kier molecular flexibility index (Phi) is 6.68. The summed E-state index contributed by atoms with van der Waals surface area (Å²) < 4.78 is 29.1. The lowest BCUT2D eigenvalue weighted by Gasteiger charge is -2.11. The molecule has 1 amide bonds. The number of carbonyl (C=O) groups excluding carboxylic acids is 1. The summed E-state index contributed by atoms with van der Waals surface area (Å²) in [5.74, 6) is -0.0722. The van der Waals surface area contributed by atoms with Crippen LogP contribution < -0.4 is 15.8 Å². The van der Waals surface area contributed by atoms with Gasteiger partial charge in [-0.2, -0.15) is 10.4 Å². The van der Waals surface area contributed by atoms with Crippen LogP contribution >= 0.6 is 0 Å². The highest BCUT2D eigenvalue weighted by Gasteiger charge is 2.28. The minimum atomic E-state index is -3.65. The van der Waals surface area contributed by atoms with E-state index in [0.29, 0.717) is 41.8 Å². The number of para-hydroxylation sites is 1. The zero-order valence-corrected chi connectivity index (χ0v) is 19.6. The van der Waals surface area contributed by atoms with Gasteiger partial charge in [0.1, 0.15) is 17.5 Å². The molecular formula is C24H26N6O3S. The van der Waals surface area contributed by atoms with Crippen LogP contribution in [0, 0.1) is 18.3 Å². The van der Waals surface area contributed by atoms with Crippen LogP contribution in [0.2, 0.25) is 0 Å². The van der Waals surface area contributed by atoms with Crippen molar-refractivity contribution in [3.63, 3.8) is 0 Å². The quantitative estimate of drug-likeness (QED) is 0.403. The number of hydrogen-bond donors (Lipinski definition) is 3. The number of amides is 1. The summed E-state index contributed by atoms with van der Waals surface area (Å²) >= 11 is 0. The molecule has 0 bridgehead atoms. The van der Waals surface area contributed by atoms with E-state index in [2.05, 4.69) is 21.2 Å². The molecule has 1 aliphatic rings. The molecule has 1 aromatic heterocycles. The Morgan fingerprint density at radius 1 is 1.24 bits per heavy atom. The number of nitrogens with one attached hydrogen (secondary N) is 2. The minimum Gasteiger partial charge on any atom is -0.382 e. The third kappa shape index (κ3) is 5.11. The number of hydrogen-bond acceptors (Lipinski definition) is 6. The summed E-state index contributed by atoms with van der Waals surface area (Å²) in [5.41, 5.74) is 8.78. The van der Waals surface area contributed by atoms with Gasteiger partial charge in [0.25, 0.3) is 5.91 Å². The topological polar surface area (TPSA) is 143 Å². The number of carbonyl (C=O) groups is 1. The Hall–Kier alpha value is -3.68. The molecule has 3 aromatic rings. The maximum Gasteiger partial charge on any atom is 0.251 e. The first kappa shape index (κ1) is 23.5. The van der Waals surface area contributed by atoms with Crippen molar-refractivity contribution >= 4 is 21.7 Å². The second-order valence-electron chi connectivity index (χ2n) is 8.30. The number of anilines is 1. The highest BCUT2D eigenvalue weighted by atomic mass is 32.2. The molecule has 4 N–H and O–H groups in total. The van der Waals surface area contributed by atoms with Crippen molar-refractivity contribution in [3.05, 3.63) is 70.9 Å². The maximum absolute atomic E-state index is 12.7. The Labute approximate surface area is 198 Å². The number of sulfonamides is 1. The third-order valence-electron chi connectivity index (χ3n) is 5.65. The summed E-state index contributed by atoms with van der Waals surface area (Å²) in [7, 11) is -3.65. The molecule has 0 radical (unpaired) electrons. The lowest BCUT2D eigenvalue weighted by atomic mass is 10.1. The molecule has 1 heterocycles. The van der Waals surface area contributed by atoms with Crippen LogP contribution in [0.1, 0.15) is 46.4 Å². The Balaban J connectivity index is 1.40. The van der Waals surface area contributed by atoms with Gasteiger partial charge in [-0.3, -0.25) is 4.79 Å². The van der Waals surface area contributed by atoms with Gasteiger partial charge < -0.3 is 11.1 Å². The van der Waals surface area contributed by atoms with Gasteiger partial charge in [0.05, 0.1) is 16.3 Å². The molecule has 2 aromatic carbocycles. The van der Waals surface area contributed by atoms with Crippen molar-refractivity contribution in [2.24, 2.45) is 0 Å². The van der Waals surface area contributed by atoms with Gasteiger partial charge in [-0.1, -0.05) is 24.3 Å². The van der Waals surface area contributed by atoms with E-state index in [-0.39, 0.29) is 22.7 Å². The minimum absolute atomic E-state index is 0.0127. The fourth-order valence-corrected chi connectivity index (χ4v) is 4.93. The van der Waals surface area contributed by atoms with Gasteiger partial charge in [-0.15, -0.1) is 0 Å². The summed E-state index contributed by atoms with van der Waals surface area (Å²) in [6, 6.07) is 16.0. The molecule has 0 atom stereocenters. The van der Waals surface area contributed by atoms with Gasteiger partial charge in [0.2, 0.25) is 10.0 Å². The average Bonchev–Trinajstić information content (AvgIpc) is 3.57. The maximum atomic E-state index is 12.7. The molecule has 1 fully saturated rings. The van der Waals surface area contributed by atoms with E-state index in [0.717, 1.165) is 18.5 Å². The molecule has 176 valence electrons. The molecule has 4 rings (SSSR count). The first-order valence-corrected chi connectivity index (χ1v) is 12.5. The van der Waals surface area contributed by atoms with Gasteiger partial charge in [-0.25, -0.2) is 17.8 Å². The van der Waals surface area contributed by atoms with Gasteiger partial charge in [0.15, 0.2) is 0 Å². The van der Waals surface area contributed by atoms with Crippen LogP contribution in [0.25, 0.3) is 5.69 Å². The molecule has 1 aliphatic carbocycles. The molecule has 0 aliphatic heterocycles. The smallest absolute Gasteiger partial charge is 0.251 e. The normalized spacial score (nSPS) is 13.4. The fraction of sp³-hybridized carbons (Fsp3) is 0.292. The van der Waals surface area contributed by atoms with E-state index < -0.39 is 10.0 Å². The lowest BCUT2D eigenvalue weighted by Crippen LogP contribution is -2.28. The molecule has 0 spiro atoms. The molecule has 34 heavy (non-hydrogen) atoms. The van der Waals surface area contributed by atoms with Crippen molar-refractivity contribution in [1.82, 2.24) is 19.8 Å². The van der Waals surface area contributed by atoms with Gasteiger partial charge in [0, 0.05) is 18.2 Å². The van der Waals surface area contributed by atoms with E-state index in [4.69, 9.17) is 5.73 Å². The molecule has 9 nitrogen and oxygen atoms in total. The number of nitrogen functional groups attached to an aromatic ring is 1. The Morgan fingerprint density at radius 2 is 1.97 bits per heavy atom. The Morgan fingerprint density at radius 3 is 2.65 bits per heavy atom. The lowest BCUT2D eigenvalue weighted by molar-refractivity contribution is 0.0952. The van der Waals surface area contributed by atoms with E-state index in [1.807, 2.05) is 30.3 Å². The second-order valence-corrected chi connectivity index (χ2v) is 10.0. The number of benzene rings is 2. The van der Waals surface area contributed by atoms with Gasteiger partial charge >= 0.3 is 0 Å². The first-order valence-electron chi connectivity index (χ1n) is 11.0. The second kappa shape index (κ2) is 9.67. The monoisotopic (exact) mass is 478 g/mol. The van der Waals surface area contributed by atoms with E-state index >= 15 is 0 Å². The number of aromatic nitrogens is 2. The predicted molar refractivity (Wildman–Crippen MR) is 128 cm³/mol. The zero-order chi connectivity index (χ0) is 24.3. The van der Waals surface area contributed by atoms with Crippen molar-refractivity contribution in [3.8, 4) is 11.8 Å².